The highest BCUT2D eigenvalue weighted by molar-refractivity contribution is 6.32. The largest absolute Gasteiger partial charge is 0.482 e. The minimum absolute atomic E-state index is 0.0396. The van der Waals surface area contributed by atoms with Gasteiger partial charge < -0.3 is 9.26 Å². The predicted octanol–water partition coefficient (Wildman–Crippen LogP) is 4.06. The third-order valence-corrected chi connectivity index (χ3v) is 3.49. The van der Waals surface area contributed by atoms with Gasteiger partial charge in [0.05, 0.1) is 5.02 Å². The fourth-order valence-electron chi connectivity index (χ4n) is 1.88. The van der Waals surface area contributed by atoms with Crippen LogP contribution in [0.3, 0.4) is 0 Å². The van der Waals surface area contributed by atoms with Gasteiger partial charge >= 0.3 is 0 Å². The molecule has 1 N–H and O–H groups in total. The summed E-state index contributed by atoms with van der Waals surface area (Å²) in [5, 5.41) is 7.14. The van der Waals surface area contributed by atoms with E-state index in [1.54, 1.807) is 48.5 Å². The molecule has 2 aromatic carbocycles. The average molecular weight is 364 g/mol. The first-order chi connectivity index (χ1) is 11.6. The fourth-order valence-corrected chi connectivity index (χ4v) is 2.26. The Morgan fingerprint density at radius 2 is 2.00 bits per heavy atom. The van der Waals surface area contributed by atoms with Crippen LogP contribution in [0.25, 0.3) is 11.5 Å². The zero-order chi connectivity index (χ0) is 16.9. The summed E-state index contributed by atoms with van der Waals surface area (Å²) >= 11 is 11.9. The molecule has 8 heteroatoms. The number of para-hydroxylation sites is 1. The van der Waals surface area contributed by atoms with Gasteiger partial charge in [0.15, 0.2) is 6.61 Å². The van der Waals surface area contributed by atoms with Crippen molar-refractivity contribution < 1.29 is 14.1 Å². The molecule has 122 valence electrons. The first-order valence-electron chi connectivity index (χ1n) is 6.88. The van der Waals surface area contributed by atoms with Crippen molar-refractivity contribution in [2.24, 2.45) is 0 Å². The molecule has 1 heterocycles. The molecule has 3 rings (SSSR count). The quantitative estimate of drug-likeness (QED) is 0.739. The van der Waals surface area contributed by atoms with Crippen molar-refractivity contribution in [2.75, 3.05) is 11.9 Å². The standard InChI is InChI=1S/C16H11Cl2N3O3/c17-11-5-3-4-10(8-11)15-20-16(21-24-15)19-14(22)9-23-13-7-2-1-6-12(13)18/h1-8H,9H2,(H,19,21,22). The summed E-state index contributed by atoms with van der Waals surface area (Å²) < 4.78 is 10.4. The first-order valence-corrected chi connectivity index (χ1v) is 7.64. The molecule has 0 saturated carbocycles. The number of benzene rings is 2. The average Bonchev–Trinajstić information content (AvgIpc) is 3.02. The van der Waals surface area contributed by atoms with E-state index in [0.29, 0.717) is 21.4 Å². The third-order valence-electron chi connectivity index (χ3n) is 2.94. The maximum atomic E-state index is 11.9. The Morgan fingerprint density at radius 3 is 2.79 bits per heavy atom. The molecule has 0 radical (unpaired) electrons. The van der Waals surface area contributed by atoms with Gasteiger partial charge in [-0.2, -0.15) is 4.98 Å². The fraction of sp³-hybridized carbons (Fsp3) is 0.0625. The molecule has 24 heavy (non-hydrogen) atoms. The van der Waals surface area contributed by atoms with Crippen molar-refractivity contribution >= 4 is 35.1 Å². The van der Waals surface area contributed by atoms with Crippen LogP contribution in [0, 0.1) is 0 Å². The van der Waals surface area contributed by atoms with Crippen molar-refractivity contribution in [3.8, 4) is 17.2 Å². The minimum atomic E-state index is -0.437. The molecular formula is C16H11Cl2N3O3. The summed E-state index contributed by atoms with van der Waals surface area (Å²) in [6, 6.07) is 13.8. The van der Waals surface area contributed by atoms with E-state index in [0.717, 1.165) is 0 Å². The number of carbonyl (C=O) groups is 1. The van der Waals surface area contributed by atoms with Gasteiger partial charge in [-0.25, -0.2) is 0 Å². The SMILES string of the molecule is O=C(COc1ccccc1Cl)Nc1noc(-c2cccc(Cl)c2)n1. The number of carbonyl (C=O) groups excluding carboxylic acids is 1. The number of nitrogens with one attached hydrogen (secondary N) is 1. The van der Waals surface area contributed by atoms with Crippen LogP contribution in [0.5, 0.6) is 5.75 Å². The van der Waals surface area contributed by atoms with Crippen LogP contribution >= 0.6 is 23.2 Å². The summed E-state index contributed by atoms with van der Waals surface area (Å²) in [5.41, 5.74) is 0.655. The molecule has 0 aliphatic heterocycles. The van der Waals surface area contributed by atoms with Gasteiger partial charge in [-0.05, 0) is 35.5 Å². The topological polar surface area (TPSA) is 77.2 Å². The van der Waals surface area contributed by atoms with Gasteiger partial charge in [-0.15, -0.1) is 0 Å². The molecule has 1 aromatic heterocycles. The molecule has 0 aliphatic carbocycles. The highest BCUT2D eigenvalue weighted by Gasteiger charge is 2.12. The zero-order valence-electron chi connectivity index (χ0n) is 12.2. The Hall–Kier alpha value is -2.57. The van der Waals surface area contributed by atoms with E-state index >= 15 is 0 Å². The maximum absolute atomic E-state index is 11.9. The Morgan fingerprint density at radius 1 is 1.17 bits per heavy atom. The van der Waals surface area contributed by atoms with Crippen LogP contribution < -0.4 is 10.1 Å². The second-order valence-electron chi connectivity index (χ2n) is 4.70. The highest BCUT2D eigenvalue weighted by atomic mass is 35.5. The van der Waals surface area contributed by atoms with Crippen molar-refractivity contribution in [2.45, 2.75) is 0 Å². The van der Waals surface area contributed by atoms with Crippen LogP contribution in [0.2, 0.25) is 10.0 Å². The van der Waals surface area contributed by atoms with E-state index in [9.17, 15) is 4.79 Å². The van der Waals surface area contributed by atoms with Crippen LogP contribution in [0.4, 0.5) is 5.95 Å². The molecular weight excluding hydrogens is 353 g/mol. The van der Waals surface area contributed by atoms with Gasteiger partial charge in [-0.3, -0.25) is 10.1 Å². The van der Waals surface area contributed by atoms with Crippen molar-refractivity contribution in [3.63, 3.8) is 0 Å². The Bertz CT molecular complexity index is 867. The number of hydrogen-bond acceptors (Lipinski definition) is 5. The number of amides is 1. The van der Waals surface area contributed by atoms with E-state index in [1.807, 2.05) is 0 Å². The Kier molecular flexibility index (Phi) is 4.98. The summed E-state index contributed by atoms with van der Waals surface area (Å²) in [7, 11) is 0. The predicted molar refractivity (Wildman–Crippen MR) is 90.3 cm³/mol. The Balaban J connectivity index is 1.60. The number of nitrogens with zero attached hydrogens (tertiary/aromatic N) is 2. The lowest BCUT2D eigenvalue weighted by Gasteiger charge is -2.06. The van der Waals surface area contributed by atoms with Crippen LogP contribution in [0.1, 0.15) is 0 Å². The van der Waals surface area contributed by atoms with E-state index in [-0.39, 0.29) is 18.4 Å². The van der Waals surface area contributed by atoms with Gasteiger partial charge in [-0.1, -0.05) is 41.4 Å². The molecule has 3 aromatic rings. The lowest BCUT2D eigenvalue weighted by Crippen LogP contribution is -2.20. The monoisotopic (exact) mass is 363 g/mol. The summed E-state index contributed by atoms with van der Waals surface area (Å²) in [6.45, 7) is -0.231. The van der Waals surface area contributed by atoms with Gasteiger partial charge in [0.25, 0.3) is 17.7 Å². The number of rotatable bonds is 5. The second-order valence-corrected chi connectivity index (χ2v) is 5.54. The molecule has 1 amide bonds. The third kappa shape index (κ3) is 4.04. The van der Waals surface area contributed by atoms with E-state index in [1.165, 1.54) is 0 Å². The smallest absolute Gasteiger partial charge is 0.270 e. The second kappa shape index (κ2) is 7.33. The molecule has 0 fully saturated rings. The van der Waals surface area contributed by atoms with Crippen LogP contribution in [0.15, 0.2) is 53.1 Å². The minimum Gasteiger partial charge on any atom is -0.482 e. The van der Waals surface area contributed by atoms with Gasteiger partial charge in [0.1, 0.15) is 5.75 Å². The number of aromatic nitrogens is 2. The lowest BCUT2D eigenvalue weighted by atomic mass is 10.2. The number of halogens is 2. The van der Waals surface area contributed by atoms with E-state index in [4.69, 9.17) is 32.5 Å². The zero-order valence-corrected chi connectivity index (χ0v) is 13.7. The molecule has 0 spiro atoms. The molecule has 0 saturated heterocycles. The number of hydrogen-bond donors (Lipinski definition) is 1. The Labute approximate surface area is 147 Å². The molecule has 0 atom stereocenters. The first kappa shape index (κ1) is 16.3. The van der Waals surface area contributed by atoms with E-state index in [2.05, 4.69) is 15.5 Å². The molecule has 0 unspecified atom stereocenters. The molecule has 6 nitrogen and oxygen atoms in total. The summed E-state index contributed by atoms with van der Waals surface area (Å²) in [5.74, 6) is 0.271. The normalized spacial score (nSPS) is 10.4. The molecule has 0 bridgehead atoms. The van der Waals surface area contributed by atoms with Crippen molar-refractivity contribution in [3.05, 3.63) is 58.6 Å². The summed E-state index contributed by atoms with van der Waals surface area (Å²) in [6.07, 6.45) is 0. The van der Waals surface area contributed by atoms with Gasteiger partial charge in [0, 0.05) is 10.6 Å². The van der Waals surface area contributed by atoms with Gasteiger partial charge in [0.2, 0.25) is 0 Å². The van der Waals surface area contributed by atoms with Crippen LogP contribution in [-0.2, 0) is 4.79 Å². The number of ether oxygens (including phenoxy) is 1. The van der Waals surface area contributed by atoms with Crippen molar-refractivity contribution in [1.29, 1.82) is 0 Å². The van der Waals surface area contributed by atoms with Crippen LogP contribution in [-0.4, -0.2) is 22.7 Å². The number of anilines is 1. The van der Waals surface area contributed by atoms with Crippen molar-refractivity contribution in [1.82, 2.24) is 10.1 Å². The summed E-state index contributed by atoms with van der Waals surface area (Å²) in [4.78, 5) is 16.0. The van der Waals surface area contributed by atoms with E-state index < -0.39 is 5.91 Å². The maximum Gasteiger partial charge on any atom is 0.270 e. The molecule has 0 aliphatic rings. The highest BCUT2D eigenvalue weighted by Crippen LogP contribution is 2.23. The lowest BCUT2D eigenvalue weighted by molar-refractivity contribution is -0.118.